The van der Waals surface area contributed by atoms with E-state index >= 15 is 0 Å². The van der Waals surface area contributed by atoms with Gasteiger partial charge in [-0.25, -0.2) is 0 Å². The summed E-state index contributed by atoms with van der Waals surface area (Å²) in [6, 6.07) is 30.8. The van der Waals surface area contributed by atoms with E-state index in [1.807, 2.05) is 61.6 Å². The number of rotatable bonds is 7. The molecule has 0 aromatic heterocycles. The van der Waals surface area contributed by atoms with Crippen LogP contribution in [0.25, 0.3) is 0 Å². The molecule has 5 heteroatoms. The molecule has 1 heterocycles. The first kappa shape index (κ1) is 20.8. The van der Waals surface area contributed by atoms with Crippen LogP contribution >= 0.6 is 0 Å². The molecule has 0 aliphatic carbocycles. The van der Waals surface area contributed by atoms with E-state index in [-0.39, 0.29) is 0 Å². The lowest BCUT2D eigenvalue weighted by atomic mass is 9.69. The number of hydrogen-bond acceptors (Lipinski definition) is 4. The van der Waals surface area contributed by atoms with Crippen LogP contribution < -0.4 is 0 Å². The van der Waals surface area contributed by atoms with E-state index in [0.717, 1.165) is 23.2 Å². The molecule has 1 unspecified atom stereocenters. The lowest BCUT2D eigenvalue weighted by Gasteiger charge is -2.49. The Morgan fingerprint density at radius 1 is 0.800 bits per heavy atom. The third kappa shape index (κ3) is 3.48. The van der Waals surface area contributed by atoms with Crippen LogP contribution in [-0.4, -0.2) is 39.4 Å². The Morgan fingerprint density at radius 2 is 1.27 bits per heavy atom. The van der Waals surface area contributed by atoms with Crippen LogP contribution in [0.1, 0.15) is 23.6 Å². The maximum absolute atomic E-state index is 6.84. The van der Waals surface area contributed by atoms with Gasteiger partial charge in [0.05, 0.1) is 0 Å². The largest absolute Gasteiger partial charge is 0.558 e. The molecule has 4 nitrogen and oxygen atoms in total. The molecule has 154 valence electrons. The van der Waals surface area contributed by atoms with Crippen LogP contribution in [-0.2, 0) is 25.2 Å². The number of hydrogen-bond donors (Lipinski definition) is 0. The Hall–Kier alpha value is -2.44. The van der Waals surface area contributed by atoms with Crippen molar-refractivity contribution in [3.63, 3.8) is 0 Å². The Bertz CT molecular complexity index is 899. The molecular formula is C25H28BNO3. The van der Waals surface area contributed by atoms with Gasteiger partial charge < -0.3 is 14.0 Å². The quantitative estimate of drug-likeness (QED) is 0.548. The molecule has 0 amide bonds. The predicted octanol–water partition coefficient (Wildman–Crippen LogP) is 4.46. The predicted molar refractivity (Wildman–Crippen MR) is 120 cm³/mol. The van der Waals surface area contributed by atoms with Crippen molar-refractivity contribution in [1.29, 1.82) is 0 Å². The second-order valence-corrected chi connectivity index (χ2v) is 7.79. The lowest BCUT2D eigenvalue weighted by molar-refractivity contribution is -0.144. The summed E-state index contributed by atoms with van der Waals surface area (Å²) in [4.78, 5) is 2.08. The standard InChI is InChI=1S/C25H28BNO3/c1-24(21-13-7-4-8-14-21,30-26-27(2)19-20-29-26)25(28-3,22-15-9-5-10-16-22)23-17-11-6-12-18-23/h4-18H,19-20H2,1-3H3. The van der Waals surface area contributed by atoms with Gasteiger partial charge in [0.2, 0.25) is 0 Å². The minimum atomic E-state index is -0.899. The molecule has 0 radical (unpaired) electrons. The van der Waals surface area contributed by atoms with Crippen molar-refractivity contribution in [2.45, 2.75) is 18.1 Å². The molecule has 30 heavy (non-hydrogen) atoms. The highest BCUT2D eigenvalue weighted by Gasteiger charge is 2.56. The van der Waals surface area contributed by atoms with E-state index in [1.165, 1.54) is 0 Å². The second-order valence-electron chi connectivity index (χ2n) is 7.79. The van der Waals surface area contributed by atoms with Gasteiger partial charge in [0, 0.05) is 20.3 Å². The summed E-state index contributed by atoms with van der Waals surface area (Å²) in [5.74, 6) is 0. The van der Waals surface area contributed by atoms with Crippen molar-refractivity contribution in [2.75, 3.05) is 27.3 Å². The zero-order valence-corrected chi connectivity index (χ0v) is 17.8. The Morgan fingerprint density at radius 3 is 1.67 bits per heavy atom. The fraction of sp³-hybridized carbons (Fsp3) is 0.280. The molecule has 1 fully saturated rings. The molecular weight excluding hydrogens is 373 g/mol. The molecule has 0 spiro atoms. The van der Waals surface area contributed by atoms with Gasteiger partial charge in [0.15, 0.2) is 0 Å². The molecule has 0 bridgehead atoms. The normalized spacial score (nSPS) is 17.1. The van der Waals surface area contributed by atoms with E-state index in [4.69, 9.17) is 14.0 Å². The van der Waals surface area contributed by atoms with Crippen molar-refractivity contribution in [2.24, 2.45) is 0 Å². The highest BCUT2D eigenvalue weighted by Crippen LogP contribution is 2.51. The van der Waals surface area contributed by atoms with Crippen LogP contribution in [0.5, 0.6) is 0 Å². The molecule has 3 aromatic carbocycles. The highest BCUT2D eigenvalue weighted by atomic mass is 16.6. The maximum atomic E-state index is 6.84. The van der Waals surface area contributed by atoms with Gasteiger partial charge >= 0.3 is 7.25 Å². The van der Waals surface area contributed by atoms with E-state index in [0.29, 0.717) is 6.61 Å². The Balaban J connectivity index is 1.98. The number of likely N-dealkylation sites (N-methyl/N-ethyl adjacent to an activating group) is 1. The second kappa shape index (κ2) is 8.74. The first-order valence-electron chi connectivity index (χ1n) is 10.3. The van der Waals surface area contributed by atoms with Gasteiger partial charge in [-0.3, -0.25) is 4.81 Å². The van der Waals surface area contributed by atoms with Crippen molar-refractivity contribution in [3.05, 3.63) is 108 Å². The zero-order chi connectivity index (χ0) is 21.0. The first-order chi connectivity index (χ1) is 14.6. The third-order valence-corrected chi connectivity index (χ3v) is 6.06. The first-order valence-corrected chi connectivity index (χ1v) is 10.3. The molecule has 4 rings (SSSR count). The van der Waals surface area contributed by atoms with Crippen molar-refractivity contribution < 1.29 is 14.0 Å². The molecule has 1 aliphatic heterocycles. The van der Waals surface area contributed by atoms with Crippen LogP contribution in [0.15, 0.2) is 91.0 Å². The zero-order valence-electron chi connectivity index (χ0n) is 17.8. The summed E-state index contributed by atoms with van der Waals surface area (Å²) < 4.78 is 19.3. The van der Waals surface area contributed by atoms with Crippen molar-refractivity contribution >= 4 is 7.25 Å². The summed E-state index contributed by atoms with van der Waals surface area (Å²) in [6.07, 6.45) is 0. The average molecular weight is 401 g/mol. The van der Waals surface area contributed by atoms with E-state index < -0.39 is 18.5 Å². The van der Waals surface area contributed by atoms with Gasteiger partial charge in [0.1, 0.15) is 11.2 Å². The van der Waals surface area contributed by atoms with Crippen molar-refractivity contribution in [1.82, 2.24) is 4.81 Å². The molecule has 1 atom stereocenters. The van der Waals surface area contributed by atoms with Gasteiger partial charge in [-0.1, -0.05) is 91.0 Å². The van der Waals surface area contributed by atoms with Crippen LogP contribution in [0.2, 0.25) is 0 Å². The topological polar surface area (TPSA) is 30.9 Å². The van der Waals surface area contributed by atoms with E-state index in [9.17, 15) is 0 Å². The number of benzene rings is 3. The van der Waals surface area contributed by atoms with Crippen LogP contribution in [0.3, 0.4) is 0 Å². The van der Waals surface area contributed by atoms with Gasteiger partial charge in [-0.05, 0) is 30.7 Å². The summed E-state index contributed by atoms with van der Waals surface area (Å²) in [6.45, 7) is 3.57. The molecule has 1 saturated heterocycles. The Labute approximate surface area is 179 Å². The summed E-state index contributed by atoms with van der Waals surface area (Å²) >= 11 is 0. The van der Waals surface area contributed by atoms with Gasteiger partial charge in [-0.2, -0.15) is 0 Å². The lowest BCUT2D eigenvalue weighted by Crippen LogP contribution is -2.55. The maximum Gasteiger partial charge on any atom is 0.558 e. The SMILES string of the molecule is COC(c1ccccc1)(c1ccccc1)C(C)(OB1OCCN1C)c1ccccc1. The van der Waals surface area contributed by atoms with Crippen molar-refractivity contribution in [3.8, 4) is 0 Å². The summed E-state index contributed by atoms with van der Waals surface area (Å²) in [5.41, 5.74) is 1.28. The molecule has 3 aromatic rings. The van der Waals surface area contributed by atoms with Gasteiger partial charge in [-0.15, -0.1) is 0 Å². The highest BCUT2D eigenvalue weighted by molar-refractivity contribution is 6.41. The Kier molecular flexibility index (Phi) is 6.07. The molecule has 0 N–H and O–H groups in total. The smallest absolute Gasteiger partial charge is 0.396 e. The van der Waals surface area contributed by atoms with Gasteiger partial charge in [0.25, 0.3) is 0 Å². The van der Waals surface area contributed by atoms with Crippen LogP contribution in [0.4, 0.5) is 0 Å². The minimum absolute atomic E-state index is 0.461. The summed E-state index contributed by atoms with van der Waals surface area (Å²) in [5, 5.41) is 0. The number of ether oxygens (including phenoxy) is 1. The average Bonchev–Trinajstić information content (AvgIpc) is 3.21. The molecule has 1 aliphatic rings. The number of nitrogens with zero attached hydrogens (tertiary/aromatic N) is 1. The fourth-order valence-electron chi connectivity index (χ4n) is 4.46. The molecule has 0 saturated carbocycles. The van der Waals surface area contributed by atoms with Crippen LogP contribution in [0, 0.1) is 0 Å². The van der Waals surface area contributed by atoms with E-state index in [2.05, 4.69) is 48.1 Å². The summed E-state index contributed by atoms with van der Waals surface area (Å²) in [7, 11) is 3.31. The van der Waals surface area contributed by atoms with E-state index in [1.54, 1.807) is 7.11 Å². The third-order valence-electron chi connectivity index (χ3n) is 6.06. The minimum Gasteiger partial charge on any atom is -0.396 e. The number of methoxy groups -OCH3 is 1. The fourth-order valence-corrected chi connectivity index (χ4v) is 4.46. The monoisotopic (exact) mass is 401 g/mol.